The Labute approximate surface area is 127 Å². The van der Waals surface area contributed by atoms with Gasteiger partial charge in [0.2, 0.25) is 0 Å². The molecule has 0 aliphatic rings. The normalized spacial score (nSPS) is 14.0. The lowest BCUT2D eigenvalue weighted by Gasteiger charge is -2.19. The van der Waals surface area contributed by atoms with Crippen molar-refractivity contribution in [2.45, 2.75) is 12.2 Å². The molecule has 8 heteroatoms. The highest BCUT2D eigenvalue weighted by molar-refractivity contribution is 5.50. The van der Waals surface area contributed by atoms with Crippen molar-refractivity contribution >= 4 is 0 Å². The first-order valence-corrected chi connectivity index (χ1v) is 6.81. The number of phenols is 2. The maximum absolute atomic E-state index is 10.1. The van der Waals surface area contributed by atoms with Crippen molar-refractivity contribution in [1.82, 2.24) is 0 Å². The monoisotopic (exact) mass is 318 g/mol. The van der Waals surface area contributed by atoms with Crippen molar-refractivity contribution in [3.8, 4) is 11.5 Å². The van der Waals surface area contributed by atoms with Crippen molar-refractivity contribution in [3.63, 3.8) is 0 Å². The first-order chi connectivity index (χ1) is 10.5. The number of hydrogen-bond donors (Lipinski definition) is 6. The van der Waals surface area contributed by atoms with Crippen LogP contribution in [0, 0.1) is 0 Å². The van der Waals surface area contributed by atoms with Gasteiger partial charge in [0.25, 0.3) is 0 Å². The van der Waals surface area contributed by atoms with E-state index in [1.165, 1.54) is 12.1 Å². The zero-order valence-electron chi connectivity index (χ0n) is 12.1. The van der Waals surface area contributed by atoms with Gasteiger partial charge in [0, 0.05) is 5.56 Å². The third-order valence-electron chi connectivity index (χ3n) is 2.94. The minimum absolute atomic E-state index is 0.00982. The average molecular weight is 318 g/mol. The van der Waals surface area contributed by atoms with Crippen LogP contribution in [0.25, 0.3) is 0 Å². The van der Waals surface area contributed by atoms with E-state index in [2.05, 4.69) is 0 Å². The number of ether oxygens (including phenoxy) is 2. The Morgan fingerprint density at radius 1 is 0.864 bits per heavy atom. The Morgan fingerprint density at radius 3 is 1.95 bits per heavy atom. The Balaban J connectivity index is 2.87. The molecule has 8 nitrogen and oxygen atoms in total. The number of aliphatic hydroxyl groups is 4. The fraction of sp³-hybridized carbons (Fsp3) is 0.571. The Kier molecular flexibility index (Phi) is 8.10. The van der Waals surface area contributed by atoms with Crippen molar-refractivity contribution in [2.75, 3.05) is 39.6 Å². The molecule has 22 heavy (non-hydrogen) atoms. The molecule has 0 saturated carbocycles. The van der Waals surface area contributed by atoms with Gasteiger partial charge in [0.1, 0.15) is 23.7 Å². The second kappa shape index (κ2) is 9.57. The molecule has 2 unspecified atom stereocenters. The lowest BCUT2D eigenvalue weighted by molar-refractivity contribution is 0.0154. The molecule has 1 rings (SSSR count). The molecule has 0 aliphatic heterocycles. The third kappa shape index (κ3) is 5.09. The van der Waals surface area contributed by atoms with E-state index >= 15 is 0 Å². The molecule has 0 amide bonds. The second-order valence-electron chi connectivity index (χ2n) is 4.56. The molecule has 0 saturated heterocycles. The first-order valence-electron chi connectivity index (χ1n) is 6.81. The van der Waals surface area contributed by atoms with Gasteiger partial charge in [-0.3, -0.25) is 0 Å². The van der Waals surface area contributed by atoms with Crippen LogP contribution < -0.4 is 0 Å². The summed E-state index contributed by atoms with van der Waals surface area (Å²) in [4.78, 5) is 0. The highest BCUT2D eigenvalue weighted by atomic mass is 16.5. The molecule has 0 bridgehead atoms. The minimum atomic E-state index is -1.32. The van der Waals surface area contributed by atoms with Crippen LogP contribution in [0.5, 0.6) is 11.5 Å². The molecule has 0 spiro atoms. The van der Waals surface area contributed by atoms with Crippen LogP contribution in [0.15, 0.2) is 12.1 Å². The standard InChI is InChI=1S/C14H22O8/c15-3-5-21-7-11(18)9-1-2-10(17)13(14(9)20)12(19)8-22-6-4-16/h1-2,11-12,15-20H,3-8H2. The van der Waals surface area contributed by atoms with Gasteiger partial charge in [0.15, 0.2) is 0 Å². The molecule has 2 atom stereocenters. The van der Waals surface area contributed by atoms with Crippen LogP contribution in [-0.4, -0.2) is 70.3 Å². The van der Waals surface area contributed by atoms with Gasteiger partial charge >= 0.3 is 0 Å². The molecular weight excluding hydrogens is 296 g/mol. The maximum atomic E-state index is 10.1. The number of phenolic OH excluding ortho intramolecular Hbond substituents is 2. The summed E-state index contributed by atoms with van der Waals surface area (Å²) in [6.07, 6.45) is -2.51. The SMILES string of the molecule is OCCOCC(O)c1ccc(O)c(C(O)COCCO)c1O. The van der Waals surface area contributed by atoms with E-state index in [4.69, 9.17) is 19.7 Å². The van der Waals surface area contributed by atoms with Gasteiger partial charge in [-0.1, -0.05) is 0 Å². The zero-order chi connectivity index (χ0) is 16.5. The van der Waals surface area contributed by atoms with Crippen molar-refractivity contribution in [1.29, 1.82) is 0 Å². The van der Waals surface area contributed by atoms with Gasteiger partial charge in [0.05, 0.1) is 45.2 Å². The van der Waals surface area contributed by atoms with Gasteiger partial charge in [-0.2, -0.15) is 0 Å². The minimum Gasteiger partial charge on any atom is -0.507 e. The van der Waals surface area contributed by atoms with Crippen molar-refractivity contribution in [2.24, 2.45) is 0 Å². The molecule has 0 radical (unpaired) electrons. The van der Waals surface area contributed by atoms with Gasteiger partial charge in [-0.15, -0.1) is 0 Å². The fourth-order valence-corrected chi connectivity index (χ4v) is 1.90. The number of aliphatic hydroxyl groups excluding tert-OH is 4. The molecule has 0 aromatic heterocycles. The molecule has 0 aliphatic carbocycles. The topological polar surface area (TPSA) is 140 Å². The summed E-state index contributed by atoms with van der Waals surface area (Å²) in [5.41, 5.74) is -0.0939. The van der Waals surface area contributed by atoms with Crippen LogP contribution in [0.3, 0.4) is 0 Å². The zero-order valence-corrected chi connectivity index (χ0v) is 12.1. The smallest absolute Gasteiger partial charge is 0.131 e. The molecule has 126 valence electrons. The fourth-order valence-electron chi connectivity index (χ4n) is 1.90. The highest BCUT2D eigenvalue weighted by Gasteiger charge is 2.23. The summed E-state index contributed by atoms with van der Waals surface area (Å²) in [5, 5.41) is 57.0. The van der Waals surface area contributed by atoms with E-state index in [1.54, 1.807) is 0 Å². The lowest BCUT2D eigenvalue weighted by Crippen LogP contribution is -2.13. The van der Waals surface area contributed by atoms with Crippen LogP contribution in [0.1, 0.15) is 23.3 Å². The predicted octanol–water partition coefficient (Wildman–Crippen LogP) is -0.818. The quantitative estimate of drug-likeness (QED) is 0.308. The van der Waals surface area contributed by atoms with E-state index in [0.29, 0.717) is 0 Å². The first kappa shape index (κ1) is 18.6. The summed E-state index contributed by atoms with van der Waals surface area (Å²) >= 11 is 0. The summed E-state index contributed by atoms with van der Waals surface area (Å²) < 4.78 is 9.93. The Hall–Kier alpha value is -1.42. The van der Waals surface area contributed by atoms with E-state index in [1.807, 2.05) is 0 Å². The van der Waals surface area contributed by atoms with Gasteiger partial charge in [-0.05, 0) is 12.1 Å². The Bertz CT molecular complexity index is 451. The Morgan fingerprint density at radius 2 is 1.41 bits per heavy atom. The summed E-state index contributed by atoms with van der Waals surface area (Å²) in [5.74, 6) is -0.801. The van der Waals surface area contributed by atoms with Crippen molar-refractivity contribution < 1.29 is 40.1 Å². The molecule has 1 aromatic rings. The maximum Gasteiger partial charge on any atom is 0.131 e. The molecular formula is C14H22O8. The average Bonchev–Trinajstić information content (AvgIpc) is 2.47. The van der Waals surface area contributed by atoms with Gasteiger partial charge < -0.3 is 40.1 Å². The van der Waals surface area contributed by atoms with Crippen LogP contribution in [-0.2, 0) is 9.47 Å². The van der Waals surface area contributed by atoms with E-state index < -0.39 is 18.0 Å². The number of hydrogen-bond acceptors (Lipinski definition) is 8. The van der Waals surface area contributed by atoms with Crippen LogP contribution in [0.4, 0.5) is 0 Å². The number of rotatable bonds is 10. The lowest BCUT2D eigenvalue weighted by atomic mass is 10.00. The predicted molar refractivity (Wildman–Crippen MR) is 75.5 cm³/mol. The summed E-state index contributed by atoms with van der Waals surface area (Å²) in [7, 11) is 0. The molecule has 0 fully saturated rings. The van der Waals surface area contributed by atoms with E-state index in [-0.39, 0.29) is 56.5 Å². The summed E-state index contributed by atoms with van der Waals surface area (Å²) in [6, 6.07) is 2.54. The highest BCUT2D eigenvalue weighted by Crippen LogP contribution is 2.38. The largest absolute Gasteiger partial charge is 0.507 e. The molecule has 0 heterocycles. The second-order valence-corrected chi connectivity index (χ2v) is 4.56. The van der Waals surface area contributed by atoms with Crippen molar-refractivity contribution in [3.05, 3.63) is 23.3 Å². The third-order valence-corrected chi connectivity index (χ3v) is 2.94. The van der Waals surface area contributed by atoms with Crippen LogP contribution in [0.2, 0.25) is 0 Å². The van der Waals surface area contributed by atoms with Gasteiger partial charge in [-0.25, -0.2) is 0 Å². The molecule has 6 N–H and O–H groups in total. The van der Waals surface area contributed by atoms with Crippen LogP contribution >= 0.6 is 0 Å². The van der Waals surface area contributed by atoms with E-state index in [0.717, 1.165) is 0 Å². The molecule has 1 aromatic carbocycles. The van der Waals surface area contributed by atoms with E-state index in [9.17, 15) is 20.4 Å². The summed E-state index contributed by atoms with van der Waals surface area (Å²) in [6.45, 7) is -0.750. The number of benzene rings is 1. The number of aromatic hydroxyl groups is 2.